The predicted molar refractivity (Wildman–Crippen MR) is 102 cm³/mol. The van der Waals surface area contributed by atoms with Gasteiger partial charge in [-0.25, -0.2) is 0 Å². The van der Waals surface area contributed by atoms with Gasteiger partial charge < -0.3 is 15.0 Å². The number of thioether (sulfide) groups is 1. The van der Waals surface area contributed by atoms with Crippen molar-refractivity contribution in [2.75, 3.05) is 7.11 Å². The fourth-order valence-corrected chi connectivity index (χ4v) is 3.69. The lowest BCUT2D eigenvalue weighted by Crippen LogP contribution is -2.19. The van der Waals surface area contributed by atoms with E-state index in [1.165, 1.54) is 11.8 Å². The third-order valence-corrected chi connectivity index (χ3v) is 5.22. The minimum Gasteiger partial charge on any atom is -0.497 e. The Morgan fingerprint density at radius 3 is 2.42 bits per heavy atom. The van der Waals surface area contributed by atoms with Crippen molar-refractivity contribution in [2.24, 2.45) is 5.73 Å². The number of hydrogen-bond acceptors (Lipinski definition) is 5. The number of carbonyl (C=O) groups excluding carboxylic acids is 1. The zero-order valence-corrected chi connectivity index (χ0v) is 15.4. The van der Waals surface area contributed by atoms with E-state index in [1.807, 2.05) is 66.1 Å². The maximum absolute atomic E-state index is 12.0. The third kappa shape index (κ3) is 3.72. The molecule has 26 heavy (non-hydrogen) atoms. The molecule has 1 amide bonds. The number of benzene rings is 2. The average Bonchev–Trinajstić information content (AvgIpc) is 3.09. The van der Waals surface area contributed by atoms with Crippen molar-refractivity contribution >= 4 is 17.7 Å². The molecule has 2 aromatic carbocycles. The second-order valence-corrected chi connectivity index (χ2v) is 6.66. The first-order chi connectivity index (χ1) is 12.6. The van der Waals surface area contributed by atoms with Gasteiger partial charge in [0.1, 0.15) is 11.0 Å². The maximum Gasteiger partial charge on any atom is 0.235 e. The van der Waals surface area contributed by atoms with Crippen molar-refractivity contribution < 1.29 is 9.53 Å². The van der Waals surface area contributed by atoms with E-state index in [9.17, 15) is 4.79 Å². The third-order valence-electron chi connectivity index (χ3n) is 3.97. The van der Waals surface area contributed by atoms with Gasteiger partial charge in [0, 0.05) is 12.1 Å². The van der Waals surface area contributed by atoms with Crippen LogP contribution in [-0.2, 0) is 11.3 Å². The topological polar surface area (TPSA) is 83.0 Å². The molecule has 1 heterocycles. The molecule has 3 rings (SSSR count). The zero-order chi connectivity index (χ0) is 18.5. The predicted octanol–water partition coefficient (Wildman–Crippen LogP) is 3.29. The van der Waals surface area contributed by atoms with Gasteiger partial charge in [0.25, 0.3) is 0 Å². The molecule has 0 bridgehead atoms. The van der Waals surface area contributed by atoms with Gasteiger partial charge in [0.15, 0.2) is 11.0 Å². The van der Waals surface area contributed by atoms with E-state index in [0.29, 0.717) is 11.7 Å². The number of hydrogen-bond donors (Lipinski definition) is 1. The number of nitrogens with two attached hydrogens (primary N) is 1. The van der Waals surface area contributed by atoms with Gasteiger partial charge in [-0.2, -0.15) is 0 Å². The van der Waals surface area contributed by atoms with Crippen molar-refractivity contribution in [3.05, 3.63) is 60.2 Å². The van der Waals surface area contributed by atoms with Gasteiger partial charge in [-0.1, -0.05) is 42.1 Å². The molecule has 3 aromatic rings. The summed E-state index contributed by atoms with van der Waals surface area (Å²) in [6.45, 7) is 2.69. The number of primary amides is 1. The van der Waals surface area contributed by atoms with Crippen LogP contribution in [0.25, 0.3) is 11.4 Å². The molecule has 1 unspecified atom stereocenters. The molecule has 0 saturated heterocycles. The van der Waals surface area contributed by atoms with E-state index in [2.05, 4.69) is 10.2 Å². The van der Waals surface area contributed by atoms with Crippen LogP contribution >= 0.6 is 11.8 Å². The summed E-state index contributed by atoms with van der Waals surface area (Å²) in [5.74, 6) is 1.12. The molecular formula is C19H20N4O2S. The number of carbonyl (C=O) groups is 1. The van der Waals surface area contributed by atoms with Crippen molar-refractivity contribution in [3.8, 4) is 17.1 Å². The Labute approximate surface area is 156 Å². The number of ether oxygens (including phenoxy) is 1. The van der Waals surface area contributed by atoms with Crippen molar-refractivity contribution in [3.63, 3.8) is 0 Å². The molecule has 0 spiro atoms. The largest absolute Gasteiger partial charge is 0.497 e. The van der Waals surface area contributed by atoms with Gasteiger partial charge in [-0.05, 0) is 36.8 Å². The van der Waals surface area contributed by atoms with E-state index in [-0.39, 0.29) is 0 Å². The summed E-state index contributed by atoms with van der Waals surface area (Å²) < 4.78 is 7.17. The minimum atomic E-state index is -0.519. The molecule has 0 saturated carbocycles. The molecule has 0 radical (unpaired) electrons. The molecular weight excluding hydrogens is 348 g/mol. The van der Waals surface area contributed by atoms with Crippen LogP contribution in [-0.4, -0.2) is 27.8 Å². The van der Waals surface area contributed by atoms with Crippen molar-refractivity contribution in [2.45, 2.75) is 23.9 Å². The van der Waals surface area contributed by atoms with E-state index >= 15 is 0 Å². The summed E-state index contributed by atoms with van der Waals surface area (Å²) in [5.41, 5.74) is 7.41. The Bertz CT molecular complexity index is 878. The van der Waals surface area contributed by atoms with E-state index in [4.69, 9.17) is 10.5 Å². The maximum atomic E-state index is 12.0. The highest BCUT2D eigenvalue weighted by Gasteiger charge is 2.23. The number of methoxy groups -OCH3 is 1. The monoisotopic (exact) mass is 368 g/mol. The zero-order valence-electron chi connectivity index (χ0n) is 14.6. The quantitative estimate of drug-likeness (QED) is 0.647. The van der Waals surface area contributed by atoms with Crippen LogP contribution < -0.4 is 10.5 Å². The summed E-state index contributed by atoms with van der Waals surface area (Å²) >= 11 is 1.31. The van der Waals surface area contributed by atoms with E-state index in [0.717, 1.165) is 22.7 Å². The van der Waals surface area contributed by atoms with Crippen molar-refractivity contribution in [1.82, 2.24) is 14.8 Å². The van der Waals surface area contributed by atoms with Crippen LogP contribution in [0.15, 0.2) is 59.8 Å². The highest BCUT2D eigenvalue weighted by molar-refractivity contribution is 8.00. The lowest BCUT2D eigenvalue weighted by molar-refractivity contribution is -0.117. The first kappa shape index (κ1) is 18.0. The number of aromatic nitrogens is 3. The molecule has 1 atom stereocenters. The first-order valence-electron chi connectivity index (χ1n) is 8.22. The Hall–Kier alpha value is -2.80. The van der Waals surface area contributed by atoms with Crippen molar-refractivity contribution in [1.29, 1.82) is 0 Å². The molecule has 2 N–H and O–H groups in total. The summed E-state index contributed by atoms with van der Waals surface area (Å²) in [4.78, 5) is 12.0. The minimum absolute atomic E-state index is 0.405. The Kier molecular flexibility index (Phi) is 5.58. The number of rotatable bonds is 7. The number of amides is 1. The Morgan fingerprint density at radius 1 is 1.15 bits per heavy atom. The summed E-state index contributed by atoms with van der Waals surface area (Å²) in [5, 5.41) is 8.75. The standard InChI is InChI=1S/C19H20N4O2S/c1-3-23-18(14-9-11-15(25-2)12-10-14)21-22-19(23)26-16(17(20)24)13-7-5-4-6-8-13/h4-12,16H,3H2,1-2H3,(H2,20,24). The fraction of sp³-hybridized carbons (Fsp3) is 0.211. The summed E-state index contributed by atoms with van der Waals surface area (Å²) in [7, 11) is 1.63. The molecule has 0 aliphatic heterocycles. The molecule has 6 nitrogen and oxygen atoms in total. The molecule has 0 aliphatic carbocycles. The molecule has 134 valence electrons. The highest BCUT2D eigenvalue weighted by atomic mass is 32.2. The fourth-order valence-electron chi connectivity index (χ4n) is 2.64. The summed E-state index contributed by atoms with van der Waals surface area (Å²) in [6, 6.07) is 17.1. The van der Waals surface area contributed by atoms with Gasteiger partial charge >= 0.3 is 0 Å². The smallest absolute Gasteiger partial charge is 0.235 e. The van der Waals surface area contributed by atoms with Crippen LogP contribution in [0, 0.1) is 0 Å². The van der Waals surface area contributed by atoms with Crippen LogP contribution in [0.2, 0.25) is 0 Å². The van der Waals surface area contributed by atoms with Crippen LogP contribution in [0.1, 0.15) is 17.7 Å². The van der Waals surface area contributed by atoms with E-state index < -0.39 is 11.2 Å². The molecule has 7 heteroatoms. The Morgan fingerprint density at radius 2 is 1.85 bits per heavy atom. The van der Waals surface area contributed by atoms with Crippen LogP contribution in [0.4, 0.5) is 0 Å². The van der Waals surface area contributed by atoms with Gasteiger partial charge in [0.2, 0.25) is 5.91 Å². The highest BCUT2D eigenvalue weighted by Crippen LogP contribution is 2.35. The van der Waals surface area contributed by atoms with Gasteiger partial charge in [-0.15, -0.1) is 10.2 Å². The van der Waals surface area contributed by atoms with Gasteiger partial charge in [0.05, 0.1) is 7.11 Å². The van der Waals surface area contributed by atoms with Crippen LogP contribution in [0.5, 0.6) is 5.75 Å². The Balaban J connectivity index is 1.93. The van der Waals surface area contributed by atoms with E-state index in [1.54, 1.807) is 7.11 Å². The van der Waals surface area contributed by atoms with Crippen LogP contribution in [0.3, 0.4) is 0 Å². The average molecular weight is 368 g/mol. The number of nitrogens with zero attached hydrogens (tertiary/aromatic N) is 3. The van der Waals surface area contributed by atoms with Gasteiger partial charge in [-0.3, -0.25) is 4.79 Å². The first-order valence-corrected chi connectivity index (χ1v) is 9.10. The lowest BCUT2D eigenvalue weighted by atomic mass is 10.1. The normalized spacial score (nSPS) is 11.9. The molecule has 0 fully saturated rings. The second-order valence-electron chi connectivity index (χ2n) is 5.59. The second kappa shape index (κ2) is 8.05. The lowest BCUT2D eigenvalue weighted by Gasteiger charge is -2.14. The SMILES string of the molecule is CCn1c(SC(C(N)=O)c2ccccc2)nnc1-c1ccc(OC)cc1. The summed E-state index contributed by atoms with van der Waals surface area (Å²) in [6.07, 6.45) is 0. The molecule has 0 aliphatic rings. The molecule has 1 aromatic heterocycles.